The van der Waals surface area contributed by atoms with E-state index in [1.54, 1.807) is 36.4 Å². The van der Waals surface area contributed by atoms with Crippen molar-refractivity contribution in [2.24, 2.45) is 0 Å². The molecular formula is C22H20BrFN2O4. The van der Waals surface area contributed by atoms with Gasteiger partial charge in [-0.25, -0.2) is 9.18 Å². The van der Waals surface area contributed by atoms with Crippen molar-refractivity contribution in [1.29, 1.82) is 0 Å². The van der Waals surface area contributed by atoms with Crippen LogP contribution < -0.4 is 14.8 Å². The molecule has 1 heterocycles. The lowest BCUT2D eigenvalue weighted by Crippen LogP contribution is -2.30. The second kappa shape index (κ2) is 9.58. The molecule has 0 atom stereocenters. The molecule has 156 valence electrons. The summed E-state index contributed by atoms with van der Waals surface area (Å²) in [5, 5.41) is 2.55. The molecule has 1 aliphatic heterocycles. The molecule has 0 aromatic heterocycles. The van der Waals surface area contributed by atoms with Crippen LogP contribution in [0.2, 0.25) is 0 Å². The second-order valence-electron chi connectivity index (χ2n) is 6.34. The first kappa shape index (κ1) is 21.6. The number of carbonyl (C=O) groups excluding carboxylic acids is 2. The minimum absolute atomic E-state index is 0.0246. The standard InChI is InChI=1S/C22H20BrFN2O4/c1-3-9-26-21(27)18(25-22(26)28)11-14-10-16(23)20(19(12-14)29-4-2)30-13-15-7-5-6-8-17(15)24/h3,5-8,10-12H,1,4,9,13H2,2H3,(H,25,28)/b18-11+. The third-order valence-electron chi connectivity index (χ3n) is 4.25. The fourth-order valence-electron chi connectivity index (χ4n) is 2.87. The number of halogens is 2. The zero-order valence-corrected chi connectivity index (χ0v) is 17.9. The van der Waals surface area contributed by atoms with E-state index < -0.39 is 11.9 Å². The Balaban J connectivity index is 1.88. The quantitative estimate of drug-likeness (QED) is 0.343. The normalized spacial score (nSPS) is 14.8. The first-order valence-corrected chi connectivity index (χ1v) is 10.0. The minimum atomic E-state index is -0.500. The largest absolute Gasteiger partial charge is 0.490 e. The second-order valence-corrected chi connectivity index (χ2v) is 7.19. The van der Waals surface area contributed by atoms with Crippen molar-refractivity contribution in [2.45, 2.75) is 13.5 Å². The summed E-state index contributed by atoms with van der Waals surface area (Å²) in [6.45, 7) is 5.90. The average Bonchev–Trinajstić information content (AvgIpc) is 2.96. The molecular weight excluding hydrogens is 455 g/mol. The van der Waals surface area contributed by atoms with Gasteiger partial charge in [-0.05, 0) is 52.7 Å². The van der Waals surface area contributed by atoms with Gasteiger partial charge in [-0.2, -0.15) is 0 Å². The van der Waals surface area contributed by atoms with Gasteiger partial charge in [-0.1, -0.05) is 24.3 Å². The molecule has 0 spiro atoms. The maximum atomic E-state index is 13.9. The Morgan fingerprint density at radius 1 is 1.23 bits per heavy atom. The van der Waals surface area contributed by atoms with Crippen LogP contribution in [-0.2, 0) is 11.4 Å². The third-order valence-corrected chi connectivity index (χ3v) is 4.84. The number of benzene rings is 2. The summed E-state index contributed by atoms with van der Waals surface area (Å²) in [6, 6.07) is 9.27. The number of rotatable bonds is 8. The molecule has 0 saturated carbocycles. The van der Waals surface area contributed by atoms with Crippen LogP contribution in [0.15, 0.2) is 59.2 Å². The molecule has 0 bridgehead atoms. The smallest absolute Gasteiger partial charge is 0.329 e. The number of amides is 3. The highest BCUT2D eigenvalue weighted by molar-refractivity contribution is 9.10. The molecule has 0 aliphatic carbocycles. The van der Waals surface area contributed by atoms with Gasteiger partial charge < -0.3 is 14.8 Å². The predicted molar refractivity (Wildman–Crippen MR) is 114 cm³/mol. The molecule has 1 saturated heterocycles. The van der Waals surface area contributed by atoms with Gasteiger partial charge in [0.1, 0.15) is 18.1 Å². The number of nitrogens with zero attached hydrogens (tertiary/aromatic N) is 1. The minimum Gasteiger partial charge on any atom is -0.490 e. The topological polar surface area (TPSA) is 67.9 Å². The molecule has 8 heteroatoms. The van der Waals surface area contributed by atoms with E-state index in [2.05, 4.69) is 27.8 Å². The van der Waals surface area contributed by atoms with E-state index in [1.165, 1.54) is 12.1 Å². The third kappa shape index (κ3) is 4.71. The summed E-state index contributed by atoms with van der Waals surface area (Å²) in [4.78, 5) is 25.4. The van der Waals surface area contributed by atoms with E-state index in [-0.39, 0.29) is 24.7 Å². The van der Waals surface area contributed by atoms with Crippen molar-refractivity contribution in [3.63, 3.8) is 0 Å². The molecule has 0 radical (unpaired) electrons. The number of hydrogen-bond acceptors (Lipinski definition) is 4. The Morgan fingerprint density at radius 2 is 2.00 bits per heavy atom. The molecule has 2 aromatic rings. The van der Waals surface area contributed by atoms with Crippen LogP contribution in [0.5, 0.6) is 11.5 Å². The summed E-state index contributed by atoms with van der Waals surface area (Å²) >= 11 is 3.45. The monoisotopic (exact) mass is 474 g/mol. The lowest BCUT2D eigenvalue weighted by molar-refractivity contribution is -0.122. The molecule has 3 amide bonds. The summed E-state index contributed by atoms with van der Waals surface area (Å²) in [7, 11) is 0. The molecule has 3 rings (SSSR count). The van der Waals surface area contributed by atoms with Crippen LogP contribution in [-0.4, -0.2) is 30.0 Å². The highest BCUT2D eigenvalue weighted by Gasteiger charge is 2.32. The maximum Gasteiger partial charge on any atom is 0.329 e. The van der Waals surface area contributed by atoms with Crippen molar-refractivity contribution < 1.29 is 23.5 Å². The molecule has 1 fully saturated rings. The van der Waals surface area contributed by atoms with Gasteiger partial charge in [0.15, 0.2) is 11.5 Å². The zero-order valence-electron chi connectivity index (χ0n) is 16.3. The van der Waals surface area contributed by atoms with Gasteiger partial charge in [0.05, 0.1) is 11.1 Å². The summed E-state index contributed by atoms with van der Waals surface area (Å²) in [5.41, 5.74) is 1.18. The molecule has 0 unspecified atom stereocenters. The first-order valence-electron chi connectivity index (χ1n) is 9.22. The van der Waals surface area contributed by atoms with Crippen molar-refractivity contribution in [2.75, 3.05) is 13.2 Å². The van der Waals surface area contributed by atoms with E-state index in [4.69, 9.17) is 9.47 Å². The van der Waals surface area contributed by atoms with Gasteiger partial charge in [0, 0.05) is 12.1 Å². The van der Waals surface area contributed by atoms with Gasteiger partial charge in [-0.15, -0.1) is 6.58 Å². The zero-order chi connectivity index (χ0) is 21.7. The average molecular weight is 475 g/mol. The predicted octanol–water partition coefficient (Wildman–Crippen LogP) is 4.64. The van der Waals surface area contributed by atoms with Crippen LogP contribution in [0.25, 0.3) is 6.08 Å². The van der Waals surface area contributed by atoms with Crippen molar-refractivity contribution in [3.8, 4) is 11.5 Å². The molecule has 1 aliphatic rings. The van der Waals surface area contributed by atoms with Gasteiger partial charge in [-0.3, -0.25) is 9.69 Å². The summed E-state index contributed by atoms with van der Waals surface area (Å²) in [6.07, 6.45) is 3.03. The highest BCUT2D eigenvalue weighted by Crippen LogP contribution is 2.38. The number of nitrogens with one attached hydrogen (secondary N) is 1. The van der Waals surface area contributed by atoms with E-state index in [1.807, 2.05) is 6.92 Å². The van der Waals surface area contributed by atoms with Gasteiger partial charge in [0.2, 0.25) is 0 Å². The van der Waals surface area contributed by atoms with Crippen LogP contribution >= 0.6 is 15.9 Å². The number of hydrogen-bond donors (Lipinski definition) is 1. The van der Waals surface area contributed by atoms with E-state index >= 15 is 0 Å². The van der Waals surface area contributed by atoms with Crippen LogP contribution in [0.3, 0.4) is 0 Å². The fraction of sp³-hybridized carbons (Fsp3) is 0.182. The highest BCUT2D eigenvalue weighted by atomic mass is 79.9. The van der Waals surface area contributed by atoms with Gasteiger partial charge in [0.25, 0.3) is 5.91 Å². The lowest BCUT2D eigenvalue weighted by Gasteiger charge is -2.15. The summed E-state index contributed by atoms with van der Waals surface area (Å²) in [5.74, 6) is 0.0495. The van der Waals surface area contributed by atoms with E-state index in [0.717, 1.165) is 4.90 Å². The first-order chi connectivity index (χ1) is 14.4. The maximum absolute atomic E-state index is 13.9. The SMILES string of the molecule is C=CCN1C(=O)N/C(=C/c2cc(Br)c(OCc3ccccc3F)c(OCC)c2)C1=O. The molecule has 30 heavy (non-hydrogen) atoms. The Morgan fingerprint density at radius 3 is 2.70 bits per heavy atom. The van der Waals surface area contributed by atoms with Crippen molar-refractivity contribution in [3.05, 3.63) is 76.2 Å². The number of carbonyl (C=O) groups is 2. The van der Waals surface area contributed by atoms with Crippen LogP contribution in [0, 0.1) is 5.82 Å². The molecule has 1 N–H and O–H groups in total. The fourth-order valence-corrected chi connectivity index (χ4v) is 3.45. The molecule has 2 aromatic carbocycles. The van der Waals surface area contributed by atoms with E-state index in [0.29, 0.717) is 33.7 Å². The van der Waals surface area contributed by atoms with E-state index in [9.17, 15) is 14.0 Å². The van der Waals surface area contributed by atoms with Crippen molar-refractivity contribution in [1.82, 2.24) is 10.2 Å². The van der Waals surface area contributed by atoms with Gasteiger partial charge >= 0.3 is 6.03 Å². The summed E-state index contributed by atoms with van der Waals surface area (Å²) < 4.78 is 25.9. The lowest BCUT2D eigenvalue weighted by atomic mass is 10.1. The Kier molecular flexibility index (Phi) is 6.89. The van der Waals surface area contributed by atoms with Crippen LogP contribution in [0.1, 0.15) is 18.1 Å². The number of ether oxygens (including phenoxy) is 2. The van der Waals surface area contributed by atoms with Crippen molar-refractivity contribution >= 4 is 33.9 Å². The molecule has 6 nitrogen and oxygen atoms in total. The number of imide groups is 1. The van der Waals surface area contributed by atoms with Crippen LogP contribution in [0.4, 0.5) is 9.18 Å². The Labute approximate surface area is 182 Å². The Bertz CT molecular complexity index is 1020. The number of urea groups is 1. The Hall–Kier alpha value is -3.13.